The van der Waals surface area contributed by atoms with E-state index >= 15 is 0 Å². The molecule has 4 nitrogen and oxygen atoms in total. The third-order valence-electron chi connectivity index (χ3n) is 2.60. The number of halogens is 4. The number of carbonyl (C=O) groups excluding carboxylic acids is 1. The summed E-state index contributed by atoms with van der Waals surface area (Å²) in [6.07, 6.45) is 1.34. The van der Waals surface area contributed by atoms with Crippen LogP contribution < -0.4 is 10.6 Å². The lowest BCUT2D eigenvalue weighted by Gasteiger charge is -2.11. The fourth-order valence-corrected chi connectivity index (χ4v) is 2.34. The van der Waals surface area contributed by atoms with Crippen LogP contribution in [0.25, 0.3) is 0 Å². The first kappa shape index (κ1) is 15.8. The molecule has 0 bridgehead atoms. The number of nitrogens with zero attached hydrogens (tertiary/aromatic N) is 1. The van der Waals surface area contributed by atoms with Crippen LogP contribution in [0, 0.1) is 5.82 Å². The molecule has 1 aromatic heterocycles. The van der Waals surface area contributed by atoms with Crippen LogP contribution in [0.3, 0.4) is 0 Å². The van der Waals surface area contributed by atoms with Gasteiger partial charge in [0.1, 0.15) is 11.6 Å². The molecule has 21 heavy (non-hydrogen) atoms. The molecule has 2 rings (SSSR count). The molecule has 0 saturated heterocycles. The second-order valence-corrected chi connectivity index (χ2v) is 5.22. The molecular weight excluding hydrogens is 340 g/mol. The Labute approximate surface area is 135 Å². The van der Waals surface area contributed by atoms with Gasteiger partial charge in [0.25, 0.3) is 5.91 Å². The smallest absolute Gasteiger partial charge is 0.257 e. The minimum atomic E-state index is -0.595. The van der Waals surface area contributed by atoms with E-state index in [2.05, 4.69) is 15.6 Å². The molecule has 0 unspecified atom stereocenters. The number of carbonyl (C=O) groups is 1. The third kappa shape index (κ3) is 3.56. The van der Waals surface area contributed by atoms with Crippen molar-refractivity contribution in [2.75, 3.05) is 17.7 Å². The number of rotatable bonds is 3. The predicted molar refractivity (Wildman–Crippen MR) is 83.2 cm³/mol. The predicted octanol–water partition coefficient (Wildman–Crippen LogP) is 4.47. The van der Waals surface area contributed by atoms with Gasteiger partial charge in [0.2, 0.25) is 0 Å². The van der Waals surface area contributed by atoms with Gasteiger partial charge >= 0.3 is 0 Å². The SMILES string of the molecule is CNc1cc(C(=O)Nc2c(Cl)cc(F)cc2Cl)c(Cl)cn1. The maximum Gasteiger partial charge on any atom is 0.257 e. The van der Waals surface area contributed by atoms with Crippen LogP contribution in [0.1, 0.15) is 10.4 Å². The molecule has 1 amide bonds. The molecule has 0 atom stereocenters. The van der Waals surface area contributed by atoms with Crippen LogP contribution in [0.4, 0.5) is 15.9 Å². The summed E-state index contributed by atoms with van der Waals surface area (Å²) in [4.78, 5) is 16.2. The van der Waals surface area contributed by atoms with Gasteiger partial charge in [-0.2, -0.15) is 0 Å². The van der Waals surface area contributed by atoms with Crippen LogP contribution in [0.15, 0.2) is 24.4 Å². The van der Waals surface area contributed by atoms with E-state index in [1.807, 2.05) is 0 Å². The first-order valence-electron chi connectivity index (χ1n) is 5.71. The van der Waals surface area contributed by atoms with Gasteiger partial charge in [-0.1, -0.05) is 34.8 Å². The van der Waals surface area contributed by atoms with Crippen molar-refractivity contribution < 1.29 is 9.18 Å². The zero-order valence-corrected chi connectivity index (χ0v) is 12.9. The third-order valence-corrected chi connectivity index (χ3v) is 3.50. The highest BCUT2D eigenvalue weighted by atomic mass is 35.5. The minimum absolute atomic E-state index is 0.00707. The van der Waals surface area contributed by atoms with Crippen LogP contribution in [-0.2, 0) is 0 Å². The Morgan fingerprint density at radius 2 is 1.76 bits per heavy atom. The minimum Gasteiger partial charge on any atom is -0.373 e. The van der Waals surface area contributed by atoms with Gasteiger partial charge in [-0.25, -0.2) is 9.37 Å². The molecule has 1 aromatic carbocycles. The van der Waals surface area contributed by atoms with Gasteiger partial charge < -0.3 is 10.6 Å². The molecule has 0 spiro atoms. The zero-order valence-electron chi connectivity index (χ0n) is 10.7. The molecule has 110 valence electrons. The number of hydrogen-bond donors (Lipinski definition) is 2. The van der Waals surface area contributed by atoms with Crippen molar-refractivity contribution in [3.8, 4) is 0 Å². The number of pyridine rings is 1. The fourth-order valence-electron chi connectivity index (χ4n) is 1.59. The molecule has 0 fully saturated rings. The highest BCUT2D eigenvalue weighted by Crippen LogP contribution is 2.32. The molecule has 0 aliphatic carbocycles. The van der Waals surface area contributed by atoms with Gasteiger partial charge in [-0.05, 0) is 18.2 Å². The standard InChI is InChI=1S/C13H9Cl3FN3O/c1-18-11-4-7(10(16)5-19-11)13(21)20-12-8(14)2-6(17)3-9(12)15/h2-5H,1H3,(H,18,19)(H,20,21). The summed E-state index contributed by atoms with van der Waals surface area (Å²) in [7, 11) is 1.66. The van der Waals surface area contributed by atoms with E-state index in [0.717, 1.165) is 12.1 Å². The monoisotopic (exact) mass is 347 g/mol. The van der Waals surface area contributed by atoms with Crippen molar-refractivity contribution in [2.45, 2.75) is 0 Å². The molecule has 1 heterocycles. The summed E-state index contributed by atoms with van der Waals surface area (Å²) in [5, 5.41) is 5.45. The Morgan fingerprint density at radius 1 is 1.14 bits per heavy atom. The molecule has 0 aliphatic rings. The topological polar surface area (TPSA) is 54.0 Å². The van der Waals surface area contributed by atoms with Crippen LogP contribution in [0.5, 0.6) is 0 Å². The molecule has 0 radical (unpaired) electrons. The van der Waals surface area contributed by atoms with E-state index in [4.69, 9.17) is 34.8 Å². The highest BCUT2D eigenvalue weighted by Gasteiger charge is 2.16. The van der Waals surface area contributed by atoms with Gasteiger partial charge in [-0.15, -0.1) is 0 Å². The molecule has 2 aromatic rings. The number of benzene rings is 1. The molecular formula is C13H9Cl3FN3O. The van der Waals surface area contributed by atoms with E-state index < -0.39 is 11.7 Å². The summed E-state index contributed by atoms with van der Waals surface area (Å²) < 4.78 is 13.1. The van der Waals surface area contributed by atoms with Gasteiger partial charge in [0.15, 0.2) is 0 Å². The lowest BCUT2D eigenvalue weighted by Crippen LogP contribution is -2.14. The summed E-state index contributed by atoms with van der Waals surface area (Å²) in [6.45, 7) is 0. The Kier molecular flexibility index (Phi) is 4.88. The first-order chi connectivity index (χ1) is 9.92. The molecule has 0 aliphatic heterocycles. The molecule has 8 heteroatoms. The largest absolute Gasteiger partial charge is 0.373 e. The summed E-state index contributed by atoms with van der Waals surface area (Å²) in [6, 6.07) is 3.58. The van der Waals surface area contributed by atoms with Crippen molar-refractivity contribution in [1.82, 2.24) is 4.98 Å². The van der Waals surface area contributed by atoms with E-state index in [1.54, 1.807) is 7.05 Å². The highest BCUT2D eigenvalue weighted by molar-refractivity contribution is 6.40. The Morgan fingerprint density at radius 3 is 2.33 bits per heavy atom. The Bertz CT molecular complexity index is 686. The van der Waals surface area contributed by atoms with E-state index in [9.17, 15) is 9.18 Å². The van der Waals surface area contributed by atoms with Crippen molar-refractivity contribution in [3.63, 3.8) is 0 Å². The Balaban J connectivity index is 2.35. The van der Waals surface area contributed by atoms with Crippen LogP contribution >= 0.6 is 34.8 Å². The second kappa shape index (κ2) is 6.47. The summed E-state index contributed by atoms with van der Waals surface area (Å²) in [5.74, 6) is -0.655. The second-order valence-electron chi connectivity index (χ2n) is 4.00. The maximum absolute atomic E-state index is 13.1. The number of nitrogens with one attached hydrogen (secondary N) is 2. The van der Waals surface area contributed by atoms with Crippen molar-refractivity contribution in [3.05, 3.63) is 50.8 Å². The van der Waals surface area contributed by atoms with Gasteiger partial charge in [0, 0.05) is 13.2 Å². The van der Waals surface area contributed by atoms with Crippen molar-refractivity contribution in [2.24, 2.45) is 0 Å². The number of amides is 1. The van der Waals surface area contributed by atoms with Gasteiger partial charge in [0.05, 0.1) is 26.3 Å². The summed E-state index contributed by atoms with van der Waals surface area (Å²) in [5.41, 5.74) is 0.302. The zero-order chi connectivity index (χ0) is 15.6. The fraction of sp³-hybridized carbons (Fsp3) is 0.0769. The average molecular weight is 349 g/mol. The number of hydrogen-bond acceptors (Lipinski definition) is 3. The van der Waals surface area contributed by atoms with E-state index in [-0.39, 0.29) is 26.3 Å². The quantitative estimate of drug-likeness (QED) is 0.860. The van der Waals surface area contributed by atoms with Crippen molar-refractivity contribution >= 4 is 52.2 Å². The normalized spacial score (nSPS) is 10.3. The maximum atomic E-state index is 13.1. The number of anilines is 2. The first-order valence-corrected chi connectivity index (χ1v) is 6.85. The molecule has 2 N–H and O–H groups in total. The van der Waals surface area contributed by atoms with Crippen molar-refractivity contribution in [1.29, 1.82) is 0 Å². The summed E-state index contributed by atoms with van der Waals surface area (Å²) >= 11 is 17.7. The molecule has 0 saturated carbocycles. The lowest BCUT2D eigenvalue weighted by atomic mass is 10.2. The van der Waals surface area contributed by atoms with E-state index in [0.29, 0.717) is 5.82 Å². The van der Waals surface area contributed by atoms with Gasteiger partial charge in [-0.3, -0.25) is 4.79 Å². The average Bonchev–Trinajstić information content (AvgIpc) is 2.43. The van der Waals surface area contributed by atoms with Crippen LogP contribution in [-0.4, -0.2) is 17.9 Å². The Hall–Kier alpha value is -1.56. The lowest BCUT2D eigenvalue weighted by molar-refractivity contribution is 0.102. The van der Waals surface area contributed by atoms with E-state index in [1.165, 1.54) is 12.3 Å². The van der Waals surface area contributed by atoms with Crippen LogP contribution in [0.2, 0.25) is 15.1 Å². The number of aromatic nitrogens is 1.